The van der Waals surface area contributed by atoms with Gasteiger partial charge in [0.25, 0.3) is 0 Å². The molecule has 96 valence electrons. The first kappa shape index (κ1) is 10.8. The Balaban J connectivity index is 1.59. The number of hydrogen-bond acceptors (Lipinski definition) is 1. The normalized spacial score (nSPS) is 51.0. The first-order chi connectivity index (χ1) is 8.25. The van der Waals surface area contributed by atoms with Crippen LogP contribution in [0.5, 0.6) is 0 Å². The van der Waals surface area contributed by atoms with Gasteiger partial charge in [-0.25, -0.2) is 0 Å². The molecule has 0 radical (unpaired) electrons. The van der Waals surface area contributed by atoms with Crippen LogP contribution in [-0.2, 0) is 0 Å². The highest BCUT2D eigenvalue weighted by Gasteiger charge is 2.54. The van der Waals surface area contributed by atoms with Crippen molar-refractivity contribution in [1.29, 1.82) is 0 Å². The second kappa shape index (κ2) is 3.73. The zero-order valence-corrected chi connectivity index (χ0v) is 11.3. The summed E-state index contributed by atoms with van der Waals surface area (Å²) in [4.78, 5) is 2.83. The minimum atomic E-state index is 0.749. The molecule has 1 aliphatic heterocycles. The van der Waals surface area contributed by atoms with Gasteiger partial charge in [-0.05, 0) is 94.5 Å². The van der Waals surface area contributed by atoms with Gasteiger partial charge >= 0.3 is 0 Å². The molecule has 0 spiro atoms. The van der Waals surface area contributed by atoms with Crippen molar-refractivity contribution in [1.82, 2.24) is 4.90 Å². The van der Waals surface area contributed by atoms with E-state index < -0.39 is 0 Å². The summed E-state index contributed by atoms with van der Waals surface area (Å²) in [6.07, 6.45) is 12.4. The maximum absolute atomic E-state index is 2.83. The summed E-state index contributed by atoms with van der Waals surface area (Å²) in [6.45, 7) is 5.35. The van der Waals surface area contributed by atoms with E-state index >= 15 is 0 Å². The zero-order valence-electron chi connectivity index (χ0n) is 11.3. The summed E-state index contributed by atoms with van der Waals surface area (Å²) in [6, 6.07) is 0.887. The van der Waals surface area contributed by atoms with Gasteiger partial charge in [0.2, 0.25) is 0 Å². The Morgan fingerprint density at radius 2 is 1.35 bits per heavy atom. The Morgan fingerprint density at radius 1 is 0.882 bits per heavy atom. The van der Waals surface area contributed by atoms with Crippen LogP contribution in [0.25, 0.3) is 0 Å². The van der Waals surface area contributed by atoms with Gasteiger partial charge in [-0.15, -0.1) is 0 Å². The first-order valence-electron chi connectivity index (χ1n) is 7.99. The van der Waals surface area contributed by atoms with E-state index in [1.807, 2.05) is 0 Å². The summed E-state index contributed by atoms with van der Waals surface area (Å²) < 4.78 is 0. The van der Waals surface area contributed by atoms with Crippen LogP contribution in [0.3, 0.4) is 0 Å². The molecule has 5 aliphatic rings. The van der Waals surface area contributed by atoms with Gasteiger partial charge < -0.3 is 4.90 Å². The number of hydrogen-bond donors (Lipinski definition) is 0. The van der Waals surface area contributed by atoms with Crippen LogP contribution >= 0.6 is 0 Å². The van der Waals surface area contributed by atoms with Crippen LogP contribution in [0.4, 0.5) is 0 Å². The summed E-state index contributed by atoms with van der Waals surface area (Å²) in [5, 5.41) is 0. The molecule has 0 amide bonds. The van der Waals surface area contributed by atoms with Gasteiger partial charge in [-0.2, -0.15) is 0 Å². The van der Waals surface area contributed by atoms with Crippen molar-refractivity contribution in [3.05, 3.63) is 0 Å². The number of nitrogens with zero attached hydrogens (tertiary/aromatic N) is 1. The van der Waals surface area contributed by atoms with E-state index in [0.29, 0.717) is 0 Å². The minimum absolute atomic E-state index is 0.749. The second-order valence-corrected chi connectivity index (χ2v) is 7.70. The molecule has 1 unspecified atom stereocenters. The molecule has 1 heteroatoms. The third-order valence-electron chi connectivity index (χ3n) is 6.66. The smallest absolute Gasteiger partial charge is 0.0124 e. The van der Waals surface area contributed by atoms with E-state index in [9.17, 15) is 0 Å². The fourth-order valence-corrected chi connectivity index (χ4v) is 6.21. The Hall–Kier alpha value is -0.0400. The Morgan fingerprint density at radius 3 is 1.82 bits per heavy atom. The van der Waals surface area contributed by atoms with Crippen molar-refractivity contribution >= 4 is 0 Å². The lowest BCUT2D eigenvalue weighted by Gasteiger charge is -2.60. The van der Waals surface area contributed by atoms with Crippen molar-refractivity contribution in [2.45, 2.75) is 64.3 Å². The quantitative estimate of drug-likeness (QED) is 0.703. The summed E-state index contributed by atoms with van der Waals surface area (Å²) >= 11 is 0. The molecule has 1 saturated heterocycles. The van der Waals surface area contributed by atoms with E-state index in [-0.39, 0.29) is 0 Å². The zero-order chi connectivity index (χ0) is 11.5. The Kier molecular flexibility index (Phi) is 2.38. The van der Waals surface area contributed by atoms with E-state index in [1.165, 1.54) is 25.9 Å². The lowest BCUT2D eigenvalue weighted by molar-refractivity contribution is -0.0929. The fourth-order valence-electron chi connectivity index (χ4n) is 6.21. The molecule has 1 atom stereocenters. The molecule has 4 bridgehead atoms. The van der Waals surface area contributed by atoms with Crippen molar-refractivity contribution in [3.63, 3.8) is 0 Å². The van der Waals surface area contributed by atoms with Crippen molar-refractivity contribution in [2.24, 2.45) is 23.2 Å². The van der Waals surface area contributed by atoms with E-state index in [2.05, 4.69) is 11.8 Å². The summed E-state index contributed by atoms with van der Waals surface area (Å²) in [5.74, 6) is 3.35. The molecule has 4 saturated carbocycles. The topological polar surface area (TPSA) is 3.24 Å². The standard InChI is InChI=1S/C16H27N/c1-12(17-4-2-3-5-17)16-9-13-6-14(10-16)8-15(7-13)11-16/h12-15H,2-11H2,1H3. The van der Waals surface area contributed by atoms with Crippen LogP contribution in [0, 0.1) is 23.2 Å². The number of likely N-dealkylation sites (tertiary alicyclic amines) is 1. The first-order valence-corrected chi connectivity index (χ1v) is 7.99. The van der Waals surface area contributed by atoms with Crippen LogP contribution in [0.2, 0.25) is 0 Å². The molecular weight excluding hydrogens is 206 g/mol. The predicted octanol–water partition coefficient (Wildman–Crippen LogP) is 3.69. The fraction of sp³-hybridized carbons (Fsp3) is 1.00. The van der Waals surface area contributed by atoms with Gasteiger partial charge in [-0.3, -0.25) is 0 Å². The average Bonchev–Trinajstić information content (AvgIpc) is 2.79. The van der Waals surface area contributed by atoms with Crippen molar-refractivity contribution in [3.8, 4) is 0 Å². The van der Waals surface area contributed by atoms with Gasteiger partial charge in [-0.1, -0.05) is 0 Å². The van der Waals surface area contributed by atoms with Crippen LogP contribution in [0.1, 0.15) is 58.3 Å². The third-order valence-corrected chi connectivity index (χ3v) is 6.66. The van der Waals surface area contributed by atoms with Gasteiger partial charge in [0.15, 0.2) is 0 Å². The molecule has 17 heavy (non-hydrogen) atoms. The van der Waals surface area contributed by atoms with Crippen molar-refractivity contribution in [2.75, 3.05) is 13.1 Å². The highest BCUT2D eigenvalue weighted by molar-refractivity contribution is 5.05. The van der Waals surface area contributed by atoms with Crippen LogP contribution in [-0.4, -0.2) is 24.0 Å². The van der Waals surface area contributed by atoms with Crippen LogP contribution < -0.4 is 0 Å². The lowest BCUT2D eigenvalue weighted by Crippen LogP contribution is -2.55. The highest BCUT2D eigenvalue weighted by atomic mass is 15.2. The minimum Gasteiger partial charge on any atom is -0.300 e. The molecule has 0 aromatic carbocycles. The van der Waals surface area contributed by atoms with E-state index in [0.717, 1.165) is 29.2 Å². The molecule has 4 aliphatic carbocycles. The maximum atomic E-state index is 2.83. The van der Waals surface area contributed by atoms with Gasteiger partial charge in [0.05, 0.1) is 0 Å². The van der Waals surface area contributed by atoms with Gasteiger partial charge in [0.1, 0.15) is 0 Å². The van der Waals surface area contributed by atoms with Crippen molar-refractivity contribution < 1.29 is 0 Å². The molecule has 0 aromatic rings. The maximum Gasteiger partial charge on any atom is 0.0124 e. The molecule has 5 rings (SSSR count). The second-order valence-electron chi connectivity index (χ2n) is 7.70. The summed E-state index contributed by atoms with van der Waals surface area (Å²) in [7, 11) is 0. The monoisotopic (exact) mass is 233 g/mol. The predicted molar refractivity (Wildman–Crippen MR) is 70.9 cm³/mol. The molecule has 1 nitrogen and oxygen atoms in total. The molecule has 1 heterocycles. The summed E-state index contributed by atoms with van der Waals surface area (Å²) in [5.41, 5.74) is 0.749. The third kappa shape index (κ3) is 1.61. The number of rotatable bonds is 2. The van der Waals surface area contributed by atoms with Crippen LogP contribution in [0.15, 0.2) is 0 Å². The van der Waals surface area contributed by atoms with Gasteiger partial charge in [0, 0.05) is 6.04 Å². The highest BCUT2D eigenvalue weighted by Crippen LogP contribution is 2.62. The average molecular weight is 233 g/mol. The van der Waals surface area contributed by atoms with E-state index in [4.69, 9.17) is 0 Å². The largest absolute Gasteiger partial charge is 0.300 e. The Labute approximate surface area is 106 Å². The molecule has 0 N–H and O–H groups in total. The SMILES string of the molecule is CC(N1CCCC1)C12CC3CC(CC(C3)C1)C2. The molecular formula is C16H27N. The lowest BCUT2D eigenvalue weighted by atomic mass is 9.47. The Bertz CT molecular complexity index is 267. The molecule has 0 aromatic heterocycles. The molecule has 5 fully saturated rings. The van der Waals surface area contributed by atoms with E-state index in [1.54, 1.807) is 38.5 Å².